The normalized spacial score (nSPS) is 10.3. The van der Waals surface area contributed by atoms with Gasteiger partial charge in [0.15, 0.2) is 11.5 Å². The number of aromatic hydroxyl groups is 2. The molecule has 0 atom stereocenters. The summed E-state index contributed by atoms with van der Waals surface area (Å²) < 4.78 is 0. The lowest BCUT2D eigenvalue weighted by atomic mass is 10.1. The van der Waals surface area contributed by atoms with E-state index < -0.39 is 0 Å². The number of carbonyl (C=O) groups is 1. The van der Waals surface area contributed by atoms with Crippen LogP contribution in [0.3, 0.4) is 0 Å². The molecule has 24 heavy (non-hydrogen) atoms. The van der Waals surface area contributed by atoms with Gasteiger partial charge in [-0.2, -0.15) is 0 Å². The summed E-state index contributed by atoms with van der Waals surface area (Å²) in [5, 5.41) is 25.3. The topological polar surface area (TPSA) is 81.6 Å². The average molecular weight is 388 g/mol. The fraction of sp³-hybridized carbons (Fsp3) is 0.0625. The van der Waals surface area contributed by atoms with Gasteiger partial charge in [-0.3, -0.25) is 4.79 Å². The minimum absolute atomic E-state index is 0.0229. The van der Waals surface area contributed by atoms with Gasteiger partial charge in [-0.05, 0) is 18.2 Å². The van der Waals surface area contributed by atoms with Crippen molar-refractivity contribution in [1.29, 1.82) is 0 Å². The fourth-order valence-electron chi connectivity index (χ4n) is 2.04. The third-order valence-corrected chi connectivity index (χ3v) is 4.05. The van der Waals surface area contributed by atoms with Crippen LogP contribution in [0.2, 0.25) is 15.1 Å². The minimum Gasteiger partial charge on any atom is -0.505 e. The highest BCUT2D eigenvalue weighted by molar-refractivity contribution is 6.37. The summed E-state index contributed by atoms with van der Waals surface area (Å²) in [5.74, 6) is -0.862. The molecule has 0 aliphatic carbocycles. The molecule has 2 rings (SSSR count). The van der Waals surface area contributed by atoms with Crippen molar-refractivity contribution in [3.8, 4) is 11.5 Å². The van der Waals surface area contributed by atoms with E-state index in [1.165, 1.54) is 31.2 Å². The van der Waals surface area contributed by atoms with E-state index in [-0.39, 0.29) is 38.2 Å². The highest BCUT2D eigenvalue weighted by atomic mass is 35.5. The Morgan fingerprint density at radius 3 is 2.17 bits per heavy atom. The van der Waals surface area contributed by atoms with Crippen LogP contribution >= 0.6 is 34.8 Å². The molecule has 126 valence electrons. The van der Waals surface area contributed by atoms with Crippen LogP contribution in [-0.4, -0.2) is 16.1 Å². The molecule has 0 aliphatic heterocycles. The summed E-state index contributed by atoms with van der Waals surface area (Å²) in [5.41, 5.74) is 1.48. The number of rotatable bonds is 4. The Balaban J connectivity index is 2.54. The Labute approximate surface area is 153 Å². The maximum atomic E-state index is 11.3. The van der Waals surface area contributed by atoms with Crippen molar-refractivity contribution in [2.75, 3.05) is 10.6 Å². The third-order valence-electron chi connectivity index (χ3n) is 3.09. The first-order valence-electron chi connectivity index (χ1n) is 6.65. The highest BCUT2D eigenvalue weighted by Gasteiger charge is 2.16. The van der Waals surface area contributed by atoms with Crippen LogP contribution in [0, 0.1) is 0 Å². The molecule has 2 aromatic carbocycles. The Bertz CT molecular complexity index is 815. The van der Waals surface area contributed by atoms with E-state index in [4.69, 9.17) is 34.8 Å². The van der Waals surface area contributed by atoms with Gasteiger partial charge in [0.1, 0.15) is 0 Å². The van der Waals surface area contributed by atoms with E-state index in [1.54, 1.807) is 0 Å². The van der Waals surface area contributed by atoms with Crippen molar-refractivity contribution in [1.82, 2.24) is 0 Å². The van der Waals surface area contributed by atoms with Crippen molar-refractivity contribution in [2.24, 2.45) is 0 Å². The molecule has 0 saturated carbocycles. The van der Waals surface area contributed by atoms with Crippen LogP contribution in [0.5, 0.6) is 11.5 Å². The van der Waals surface area contributed by atoms with Gasteiger partial charge in [-0.25, -0.2) is 0 Å². The second-order valence-corrected chi connectivity index (χ2v) is 6.04. The maximum absolute atomic E-state index is 11.3. The average Bonchev–Trinajstić information content (AvgIpc) is 2.50. The molecule has 0 aliphatic rings. The lowest BCUT2D eigenvalue weighted by Gasteiger charge is -2.16. The number of phenols is 2. The van der Waals surface area contributed by atoms with Gasteiger partial charge in [0.05, 0.1) is 20.8 Å². The number of hydrogen-bond donors (Lipinski definition) is 4. The Morgan fingerprint density at radius 1 is 1.08 bits per heavy atom. The smallest absolute Gasteiger partial charge is 0.221 e. The SMILES string of the molecule is C=Cc1c(Nc2cc(Cl)c(O)c(Cl)c2)cc(NC(C)=O)c(O)c1Cl. The van der Waals surface area contributed by atoms with Crippen molar-refractivity contribution in [2.45, 2.75) is 6.92 Å². The molecular weight excluding hydrogens is 375 g/mol. The van der Waals surface area contributed by atoms with Gasteiger partial charge in [0.25, 0.3) is 0 Å². The molecule has 8 heteroatoms. The summed E-state index contributed by atoms with van der Waals surface area (Å²) in [4.78, 5) is 11.3. The molecule has 5 nitrogen and oxygen atoms in total. The standard InChI is InChI=1S/C16H13Cl3N2O3/c1-3-9-12(6-13(20-7(2)22)16(24)14(9)19)21-8-4-10(17)15(23)11(18)5-8/h3-6,21,23-24H,1H2,2H3,(H,20,22). The Hall–Kier alpha value is -2.08. The number of carbonyl (C=O) groups excluding carboxylic acids is 1. The molecule has 0 radical (unpaired) electrons. The van der Waals surface area contributed by atoms with E-state index in [9.17, 15) is 15.0 Å². The predicted molar refractivity (Wildman–Crippen MR) is 98.9 cm³/mol. The number of halogens is 3. The Morgan fingerprint density at radius 2 is 1.67 bits per heavy atom. The molecule has 1 amide bonds. The number of amides is 1. The largest absolute Gasteiger partial charge is 0.505 e. The van der Waals surface area contributed by atoms with Crippen LogP contribution in [0.4, 0.5) is 17.1 Å². The van der Waals surface area contributed by atoms with E-state index in [2.05, 4.69) is 17.2 Å². The molecule has 0 unspecified atom stereocenters. The second kappa shape index (κ2) is 7.21. The van der Waals surface area contributed by atoms with E-state index >= 15 is 0 Å². The zero-order valence-electron chi connectivity index (χ0n) is 12.5. The van der Waals surface area contributed by atoms with Crippen molar-refractivity contribution in [3.63, 3.8) is 0 Å². The molecule has 0 spiro atoms. The summed E-state index contributed by atoms with van der Waals surface area (Å²) >= 11 is 17.9. The van der Waals surface area contributed by atoms with E-state index in [0.29, 0.717) is 16.9 Å². The molecule has 0 bridgehead atoms. The number of hydrogen-bond acceptors (Lipinski definition) is 4. The lowest BCUT2D eigenvalue weighted by Crippen LogP contribution is -2.07. The van der Waals surface area contributed by atoms with Gasteiger partial charge in [0, 0.05) is 23.9 Å². The monoisotopic (exact) mass is 386 g/mol. The summed E-state index contributed by atoms with van der Waals surface area (Å²) in [7, 11) is 0. The number of benzene rings is 2. The van der Waals surface area contributed by atoms with Gasteiger partial charge in [-0.1, -0.05) is 47.5 Å². The first-order chi connectivity index (χ1) is 11.2. The molecular formula is C16H13Cl3N2O3. The minimum atomic E-state index is -0.366. The van der Waals surface area contributed by atoms with E-state index in [0.717, 1.165) is 0 Å². The van der Waals surface area contributed by atoms with Crippen LogP contribution < -0.4 is 10.6 Å². The maximum Gasteiger partial charge on any atom is 0.221 e. The highest BCUT2D eigenvalue weighted by Crippen LogP contribution is 2.42. The number of nitrogens with one attached hydrogen (secondary N) is 2. The van der Waals surface area contributed by atoms with Crippen LogP contribution in [0.25, 0.3) is 6.08 Å². The summed E-state index contributed by atoms with van der Waals surface area (Å²) in [6.07, 6.45) is 1.45. The fourth-order valence-corrected chi connectivity index (χ4v) is 2.80. The van der Waals surface area contributed by atoms with Crippen LogP contribution in [-0.2, 0) is 4.79 Å². The second-order valence-electron chi connectivity index (χ2n) is 4.85. The number of phenolic OH excluding ortho intramolecular Hbond substituents is 2. The van der Waals surface area contributed by atoms with Crippen molar-refractivity contribution in [3.05, 3.63) is 45.4 Å². The molecule has 0 saturated heterocycles. The van der Waals surface area contributed by atoms with Crippen molar-refractivity contribution >= 4 is 63.8 Å². The van der Waals surface area contributed by atoms with Crippen LogP contribution in [0.15, 0.2) is 24.8 Å². The molecule has 0 heterocycles. The zero-order chi connectivity index (χ0) is 18.0. The first kappa shape index (κ1) is 18.3. The van der Waals surface area contributed by atoms with Gasteiger partial charge in [0.2, 0.25) is 5.91 Å². The summed E-state index contributed by atoms with van der Waals surface area (Å²) in [6.45, 7) is 4.97. The van der Waals surface area contributed by atoms with Crippen LogP contribution in [0.1, 0.15) is 12.5 Å². The van der Waals surface area contributed by atoms with E-state index in [1.807, 2.05) is 0 Å². The van der Waals surface area contributed by atoms with Gasteiger partial charge >= 0.3 is 0 Å². The zero-order valence-corrected chi connectivity index (χ0v) is 14.7. The number of anilines is 3. The molecule has 2 aromatic rings. The summed E-state index contributed by atoms with van der Waals surface area (Å²) in [6, 6.07) is 4.43. The van der Waals surface area contributed by atoms with Gasteiger partial charge < -0.3 is 20.8 Å². The lowest BCUT2D eigenvalue weighted by molar-refractivity contribution is -0.114. The van der Waals surface area contributed by atoms with Crippen molar-refractivity contribution < 1.29 is 15.0 Å². The molecule has 0 aromatic heterocycles. The molecule has 4 N–H and O–H groups in total. The predicted octanol–water partition coefficient (Wildman–Crippen LogP) is 5.40. The third kappa shape index (κ3) is 3.70. The quantitative estimate of drug-likeness (QED) is 0.418. The first-order valence-corrected chi connectivity index (χ1v) is 7.78. The van der Waals surface area contributed by atoms with Gasteiger partial charge in [-0.15, -0.1) is 0 Å². The molecule has 0 fully saturated rings. The Kier molecular flexibility index (Phi) is 5.49.